The van der Waals surface area contributed by atoms with Gasteiger partial charge in [-0.15, -0.1) is 0 Å². The van der Waals surface area contributed by atoms with Crippen molar-refractivity contribution in [2.45, 2.75) is 25.0 Å². The maximum Gasteiger partial charge on any atom is 0.315 e. The van der Waals surface area contributed by atoms with Crippen LogP contribution in [0.2, 0.25) is 0 Å². The van der Waals surface area contributed by atoms with E-state index in [2.05, 4.69) is 22.8 Å². The molecule has 3 N–H and O–H groups in total. The van der Waals surface area contributed by atoms with Crippen LogP contribution in [-0.2, 0) is 0 Å². The van der Waals surface area contributed by atoms with Crippen molar-refractivity contribution in [1.29, 1.82) is 0 Å². The summed E-state index contributed by atoms with van der Waals surface area (Å²) in [5, 5.41) is 18.1. The summed E-state index contributed by atoms with van der Waals surface area (Å²) in [6.07, 6.45) is 5.17. The van der Waals surface area contributed by atoms with E-state index in [-0.39, 0.29) is 18.6 Å². The van der Waals surface area contributed by atoms with Gasteiger partial charge in [-0.1, -0.05) is 48.6 Å². The van der Waals surface area contributed by atoms with Gasteiger partial charge in [0, 0.05) is 12.6 Å². The first kappa shape index (κ1) is 14.6. The van der Waals surface area contributed by atoms with E-state index in [4.69, 9.17) is 0 Å². The van der Waals surface area contributed by atoms with E-state index in [0.29, 0.717) is 0 Å². The van der Waals surface area contributed by atoms with Crippen LogP contribution in [0, 0.1) is 0 Å². The Morgan fingerprint density at radius 3 is 2.64 bits per heavy atom. The van der Waals surface area contributed by atoms with E-state index < -0.39 is 6.10 Å². The Morgan fingerprint density at radius 2 is 1.86 bits per heavy atom. The van der Waals surface area contributed by atoms with E-state index in [1.54, 1.807) is 0 Å². The molecule has 0 bridgehead atoms. The third-order valence-corrected chi connectivity index (χ3v) is 3.96. The quantitative estimate of drug-likeness (QED) is 0.760. The summed E-state index contributed by atoms with van der Waals surface area (Å²) in [6.45, 7) is 0.199. The highest BCUT2D eigenvalue weighted by Crippen LogP contribution is 2.20. The van der Waals surface area contributed by atoms with Crippen molar-refractivity contribution in [2.75, 3.05) is 6.54 Å². The van der Waals surface area contributed by atoms with Crippen molar-refractivity contribution in [2.24, 2.45) is 0 Å². The zero-order chi connectivity index (χ0) is 15.4. The molecule has 1 unspecified atom stereocenters. The molecule has 2 amide bonds. The second-order valence-electron chi connectivity index (χ2n) is 5.62. The Bertz CT molecular complexity index is 688. The van der Waals surface area contributed by atoms with Crippen LogP contribution >= 0.6 is 0 Å². The fourth-order valence-corrected chi connectivity index (χ4v) is 2.69. The number of carbonyl (C=O) groups is 1. The van der Waals surface area contributed by atoms with Gasteiger partial charge in [0.2, 0.25) is 0 Å². The van der Waals surface area contributed by atoms with Gasteiger partial charge >= 0.3 is 6.03 Å². The summed E-state index contributed by atoms with van der Waals surface area (Å²) in [4.78, 5) is 11.8. The van der Waals surface area contributed by atoms with E-state index >= 15 is 0 Å². The van der Waals surface area contributed by atoms with Crippen molar-refractivity contribution in [3.8, 4) is 0 Å². The first-order valence-electron chi connectivity index (χ1n) is 7.58. The van der Waals surface area contributed by atoms with Gasteiger partial charge in [-0.05, 0) is 35.2 Å². The SMILES string of the molecule is O=C(NCC(O)c1ccc2ccccc2c1)NC1CC=CC1. The summed E-state index contributed by atoms with van der Waals surface area (Å²) in [6, 6.07) is 13.8. The Morgan fingerprint density at radius 1 is 1.14 bits per heavy atom. The summed E-state index contributed by atoms with van der Waals surface area (Å²) in [5.74, 6) is 0. The number of carbonyl (C=O) groups excluding carboxylic acids is 1. The van der Waals surface area contributed by atoms with E-state index in [1.165, 1.54) is 0 Å². The molecule has 2 aromatic carbocycles. The van der Waals surface area contributed by atoms with Crippen LogP contribution in [0.25, 0.3) is 10.8 Å². The Labute approximate surface area is 129 Å². The lowest BCUT2D eigenvalue weighted by molar-refractivity contribution is 0.172. The third-order valence-electron chi connectivity index (χ3n) is 3.96. The zero-order valence-corrected chi connectivity index (χ0v) is 12.3. The molecule has 1 atom stereocenters. The number of urea groups is 1. The molecule has 0 radical (unpaired) electrons. The van der Waals surface area contributed by atoms with Crippen molar-refractivity contribution in [3.05, 3.63) is 60.2 Å². The fourth-order valence-electron chi connectivity index (χ4n) is 2.69. The zero-order valence-electron chi connectivity index (χ0n) is 12.3. The lowest BCUT2D eigenvalue weighted by Gasteiger charge is -2.16. The molecule has 22 heavy (non-hydrogen) atoms. The lowest BCUT2D eigenvalue weighted by Crippen LogP contribution is -2.42. The molecule has 114 valence electrons. The van der Waals surface area contributed by atoms with Gasteiger partial charge in [0.15, 0.2) is 0 Å². The van der Waals surface area contributed by atoms with Crippen LogP contribution in [0.4, 0.5) is 4.79 Å². The topological polar surface area (TPSA) is 61.4 Å². The average molecular weight is 296 g/mol. The Hall–Kier alpha value is -2.33. The van der Waals surface area contributed by atoms with Crippen LogP contribution in [-0.4, -0.2) is 23.7 Å². The highest BCUT2D eigenvalue weighted by molar-refractivity contribution is 5.83. The smallest absolute Gasteiger partial charge is 0.315 e. The molecular weight excluding hydrogens is 276 g/mol. The van der Waals surface area contributed by atoms with Crippen LogP contribution < -0.4 is 10.6 Å². The second kappa shape index (κ2) is 6.62. The molecule has 1 aliphatic carbocycles. The minimum absolute atomic E-state index is 0.179. The first-order chi connectivity index (χ1) is 10.7. The molecule has 3 rings (SSSR count). The maximum atomic E-state index is 11.8. The number of nitrogens with one attached hydrogen (secondary N) is 2. The number of rotatable bonds is 4. The molecule has 1 aliphatic rings. The van der Waals surface area contributed by atoms with E-state index in [9.17, 15) is 9.90 Å². The minimum atomic E-state index is -0.711. The van der Waals surface area contributed by atoms with Crippen molar-refractivity contribution in [1.82, 2.24) is 10.6 Å². The number of hydrogen-bond acceptors (Lipinski definition) is 2. The van der Waals surface area contributed by atoms with Gasteiger partial charge in [-0.2, -0.15) is 0 Å². The predicted octanol–water partition coefficient (Wildman–Crippen LogP) is 2.89. The van der Waals surface area contributed by atoms with Crippen LogP contribution in [0.5, 0.6) is 0 Å². The Kier molecular flexibility index (Phi) is 4.39. The molecular formula is C18H20N2O2. The molecule has 4 heteroatoms. The highest BCUT2D eigenvalue weighted by atomic mass is 16.3. The lowest BCUT2D eigenvalue weighted by atomic mass is 10.0. The second-order valence-corrected chi connectivity index (χ2v) is 5.62. The molecule has 0 heterocycles. The van der Waals surface area contributed by atoms with Crippen LogP contribution in [0.3, 0.4) is 0 Å². The van der Waals surface area contributed by atoms with Gasteiger partial charge in [0.05, 0.1) is 6.10 Å². The largest absolute Gasteiger partial charge is 0.387 e. The molecule has 4 nitrogen and oxygen atoms in total. The normalized spacial score (nSPS) is 15.9. The molecule has 0 aliphatic heterocycles. The molecule has 0 fully saturated rings. The highest BCUT2D eigenvalue weighted by Gasteiger charge is 2.14. The standard InChI is InChI=1S/C18H20N2O2/c21-17(12-19-18(22)20-16-7-3-4-8-16)15-10-9-13-5-1-2-6-14(13)11-15/h1-6,9-11,16-17,21H,7-8,12H2,(H2,19,20,22). The van der Waals surface area contributed by atoms with Gasteiger partial charge in [0.1, 0.15) is 0 Å². The average Bonchev–Trinajstić information content (AvgIpc) is 3.05. The molecule has 0 saturated heterocycles. The van der Waals surface area contributed by atoms with Crippen molar-refractivity contribution < 1.29 is 9.90 Å². The maximum absolute atomic E-state index is 11.8. The molecule has 2 aromatic rings. The third kappa shape index (κ3) is 3.46. The number of aliphatic hydroxyl groups is 1. The number of hydrogen-bond donors (Lipinski definition) is 3. The van der Waals surface area contributed by atoms with Crippen molar-refractivity contribution >= 4 is 16.8 Å². The van der Waals surface area contributed by atoms with Crippen molar-refractivity contribution in [3.63, 3.8) is 0 Å². The van der Waals surface area contributed by atoms with Gasteiger partial charge in [-0.25, -0.2) is 4.79 Å². The van der Waals surface area contributed by atoms with Gasteiger partial charge in [-0.3, -0.25) is 0 Å². The fraction of sp³-hybridized carbons (Fsp3) is 0.278. The Balaban J connectivity index is 1.56. The van der Waals surface area contributed by atoms with Gasteiger partial charge < -0.3 is 15.7 Å². The number of fused-ring (bicyclic) bond motifs is 1. The number of amides is 2. The number of benzene rings is 2. The monoisotopic (exact) mass is 296 g/mol. The summed E-state index contributed by atoms with van der Waals surface area (Å²) < 4.78 is 0. The van der Waals surface area contributed by atoms with E-state index in [1.807, 2.05) is 42.5 Å². The molecule has 0 spiro atoms. The first-order valence-corrected chi connectivity index (χ1v) is 7.58. The number of aliphatic hydroxyl groups excluding tert-OH is 1. The van der Waals surface area contributed by atoms with E-state index in [0.717, 1.165) is 29.2 Å². The minimum Gasteiger partial charge on any atom is -0.387 e. The molecule has 0 saturated carbocycles. The predicted molar refractivity (Wildman–Crippen MR) is 87.6 cm³/mol. The van der Waals surface area contributed by atoms with Gasteiger partial charge in [0.25, 0.3) is 0 Å². The van der Waals surface area contributed by atoms with Crippen LogP contribution in [0.15, 0.2) is 54.6 Å². The summed E-state index contributed by atoms with van der Waals surface area (Å²) >= 11 is 0. The summed E-state index contributed by atoms with van der Waals surface area (Å²) in [5.41, 5.74) is 0.807. The molecule has 0 aromatic heterocycles. The van der Waals surface area contributed by atoms with Crippen LogP contribution in [0.1, 0.15) is 24.5 Å². The summed E-state index contributed by atoms with van der Waals surface area (Å²) in [7, 11) is 0.